The SMILES string of the molecule is Cc1ccc(/C=C(\c2ccc(C)cc2)S(=O)(=O)c2ccc(C)cc2)cc1. The van der Waals surface area contributed by atoms with E-state index in [2.05, 4.69) is 0 Å². The molecule has 3 aromatic rings. The van der Waals surface area contributed by atoms with Gasteiger partial charge in [0.2, 0.25) is 9.84 Å². The highest BCUT2D eigenvalue weighted by Gasteiger charge is 2.22. The molecule has 3 rings (SSSR count). The number of rotatable bonds is 4. The fraction of sp³-hybridized carbons (Fsp3) is 0.130. The molecule has 0 heterocycles. The smallest absolute Gasteiger partial charge is 0.207 e. The lowest BCUT2D eigenvalue weighted by atomic mass is 10.1. The standard InChI is InChI=1S/C23H22O2S/c1-17-4-10-20(11-5-17)16-23(21-12-6-18(2)7-13-21)26(24,25)22-14-8-19(3)9-15-22/h4-16H,1-3H3/b23-16+. The summed E-state index contributed by atoms with van der Waals surface area (Å²) in [6.45, 7) is 5.94. The average molecular weight is 362 g/mol. The van der Waals surface area contributed by atoms with Gasteiger partial charge in [-0.3, -0.25) is 0 Å². The van der Waals surface area contributed by atoms with E-state index in [4.69, 9.17) is 0 Å². The minimum absolute atomic E-state index is 0.307. The molecule has 3 aromatic carbocycles. The fourth-order valence-corrected chi connectivity index (χ4v) is 4.18. The van der Waals surface area contributed by atoms with Gasteiger partial charge in [-0.05, 0) is 50.1 Å². The Hall–Kier alpha value is -2.65. The van der Waals surface area contributed by atoms with E-state index in [-0.39, 0.29) is 0 Å². The summed E-state index contributed by atoms with van der Waals surface area (Å²) >= 11 is 0. The lowest BCUT2D eigenvalue weighted by Crippen LogP contribution is -2.04. The van der Waals surface area contributed by atoms with E-state index in [1.165, 1.54) is 0 Å². The fourth-order valence-electron chi connectivity index (χ4n) is 2.69. The Bertz CT molecular complexity index is 1020. The summed E-state index contributed by atoms with van der Waals surface area (Å²) in [5.41, 5.74) is 4.82. The largest absolute Gasteiger partial charge is 0.218 e. The monoisotopic (exact) mass is 362 g/mol. The van der Waals surface area contributed by atoms with Crippen molar-refractivity contribution < 1.29 is 8.42 Å². The van der Waals surface area contributed by atoms with Crippen LogP contribution in [0.1, 0.15) is 27.8 Å². The first kappa shape index (κ1) is 18.2. The highest BCUT2D eigenvalue weighted by molar-refractivity contribution is 8.00. The molecule has 0 saturated carbocycles. The number of sulfone groups is 1. The highest BCUT2D eigenvalue weighted by atomic mass is 32.2. The van der Waals surface area contributed by atoms with Crippen molar-refractivity contribution in [2.75, 3.05) is 0 Å². The highest BCUT2D eigenvalue weighted by Crippen LogP contribution is 2.30. The molecule has 0 radical (unpaired) electrons. The van der Waals surface area contributed by atoms with E-state index in [1.807, 2.05) is 81.4 Å². The molecule has 0 unspecified atom stereocenters. The Morgan fingerprint density at radius 3 is 1.58 bits per heavy atom. The van der Waals surface area contributed by atoms with Gasteiger partial charge in [-0.25, -0.2) is 8.42 Å². The molecule has 132 valence electrons. The van der Waals surface area contributed by atoms with Crippen LogP contribution in [0.3, 0.4) is 0 Å². The predicted molar refractivity (Wildman–Crippen MR) is 109 cm³/mol. The third kappa shape index (κ3) is 3.94. The molecule has 3 heteroatoms. The molecule has 0 fully saturated rings. The summed E-state index contributed by atoms with van der Waals surface area (Å²) in [6.07, 6.45) is 1.75. The van der Waals surface area contributed by atoms with E-state index in [0.717, 1.165) is 22.3 Å². The molecule has 0 bridgehead atoms. The van der Waals surface area contributed by atoms with Crippen molar-refractivity contribution in [2.24, 2.45) is 0 Å². The van der Waals surface area contributed by atoms with Crippen LogP contribution in [-0.2, 0) is 9.84 Å². The second-order valence-corrected chi connectivity index (χ2v) is 8.52. The molecule has 0 spiro atoms. The topological polar surface area (TPSA) is 34.1 Å². The normalized spacial score (nSPS) is 12.2. The minimum atomic E-state index is -3.63. The van der Waals surface area contributed by atoms with Crippen LogP contribution in [0.25, 0.3) is 11.0 Å². The van der Waals surface area contributed by atoms with Gasteiger partial charge in [-0.2, -0.15) is 0 Å². The summed E-state index contributed by atoms with van der Waals surface area (Å²) in [5.74, 6) is 0. The van der Waals surface area contributed by atoms with E-state index >= 15 is 0 Å². The lowest BCUT2D eigenvalue weighted by molar-refractivity contribution is 0.606. The maximum Gasteiger partial charge on any atom is 0.207 e. The summed E-state index contributed by atoms with van der Waals surface area (Å²) in [4.78, 5) is 0.618. The zero-order valence-electron chi connectivity index (χ0n) is 15.2. The quantitative estimate of drug-likeness (QED) is 0.567. The molecule has 0 aliphatic heterocycles. The third-order valence-electron chi connectivity index (χ3n) is 4.33. The van der Waals surface area contributed by atoms with Crippen LogP contribution >= 0.6 is 0 Å². The molecular formula is C23H22O2S. The number of hydrogen-bond donors (Lipinski definition) is 0. The first-order valence-electron chi connectivity index (χ1n) is 8.53. The maximum atomic E-state index is 13.3. The molecule has 26 heavy (non-hydrogen) atoms. The molecule has 0 N–H and O–H groups in total. The van der Waals surface area contributed by atoms with Crippen LogP contribution in [0.4, 0.5) is 0 Å². The predicted octanol–water partition coefficient (Wildman–Crippen LogP) is 5.58. The van der Waals surface area contributed by atoms with Crippen molar-refractivity contribution in [3.05, 3.63) is 101 Å². The molecule has 0 atom stereocenters. The van der Waals surface area contributed by atoms with Crippen molar-refractivity contribution in [3.8, 4) is 0 Å². The van der Waals surface area contributed by atoms with Gasteiger partial charge in [0.1, 0.15) is 0 Å². The molecule has 2 nitrogen and oxygen atoms in total. The summed E-state index contributed by atoms with van der Waals surface area (Å²) < 4.78 is 26.7. The van der Waals surface area contributed by atoms with Gasteiger partial charge in [0.25, 0.3) is 0 Å². The van der Waals surface area contributed by atoms with Crippen LogP contribution in [-0.4, -0.2) is 8.42 Å². The molecule has 0 aliphatic rings. The molecule has 0 aliphatic carbocycles. The van der Waals surface area contributed by atoms with E-state index < -0.39 is 9.84 Å². The Kier molecular flexibility index (Phi) is 5.10. The van der Waals surface area contributed by atoms with E-state index in [0.29, 0.717) is 15.4 Å². The van der Waals surface area contributed by atoms with Crippen molar-refractivity contribution in [2.45, 2.75) is 25.7 Å². The van der Waals surface area contributed by atoms with Crippen LogP contribution in [0, 0.1) is 20.8 Å². The van der Waals surface area contributed by atoms with Crippen molar-refractivity contribution >= 4 is 20.8 Å². The second-order valence-electron chi connectivity index (χ2n) is 6.60. The zero-order chi connectivity index (χ0) is 18.7. The number of benzene rings is 3. The van der Waals surface area contributed by atoms with Gasteiger partial charge in [-0.15, -0.1) is 0 Å². The first-order chi connectivity index (χ1) is 12.4. The van der Waals surface area contributed by atoms with Crippen LogP contribution in [0.2, 0.25) is 0 Å². The van der Waals surface area contributed by atoms with E-state index in [1.54, 1.807) is 18.2 Å². The van der Waals surface area contributed by atoms with Crippen molar-refractivity contribution in [3.63, 3.8) is 0 Å². The molecule has 0 saturated heterocycles. The Morgan fingerprint density at radius 2 is 1.08 bits per heavy atom. The minimum Gasteiger partial charge on any atom is -0.218 e. The van der Waals surface area contributed by atoms with Crippen LogP contribution in [0.5, 0.6) is 0 Å². The summed E-state index contributed by atoms with van der Waals surface area (Å²) in [6, 6.07) is 22.4. The van der Waals surface area contributed by atoms with Crippen molar-refractivity contribution in [1.29, 1.82) is 0 Å². The van der Waals surface area contributed by atoms with Gasteiger partial charge in [0.15, 0.2) is 0 Å². The van der Waals surface area contributed by atoms with Gasteiger partial charge in [-0.1, -0.05) is 77.4 Å². The maximum absolute atomic E-state index is 13.3. The number of hydrogen-bond acceptors (Lipinski definition) is 2. The molecule has 0 amide bonds. The van der Waals surface area contributed by atoms with Gasteiger partial charge in [0.05, 0.1) is 9.80 Å². The van der Waals surface area contributed by atoms with Crippen molar-refractivity contribution in [1.82, 2.24) is 0 Å². The Labute approximate surface area is 155 Å². The van der Waals surface area contributed by atoms with E-state index in [9.17, 15) is 8.42 Å². The number of aryl methyl sites for hydroxylation is 3. The molecular weight excluding hydrogens is 340 g/mol. The Morgan fingerprint density at radius 1 is 0.654 bits per heavy atom. The van der Waals surface area contributed by atoms with Gasteiger partial charge in [0, 0.05) is 0 Å². The second kappa shape index (κ2) is 7.30. The zero-order valence-corrected chi connectivity index (χ0v) is 16.0. The molecule has 0 aromatic heterocycles. The summed E-state index contributed by atoms with van der Waals surface area (Å²) in [5, 5.41) is 0. The van der Waals surface area contributed by atoms with Gasteiger partial charge >= 0.3 is 0 Å². The van der Waals surface area contributed by atoms with Crippen LogP contribution < -0.4 is 0 Å². The van der Waals surface area contributed by atoms with Gasteiger partial charge < -0.3 is 0 Å². The first-order valence-corrected chi connectivity index (χ1v) is 10.0. The lowest BCUT2D eigenvalue weighted by Gasteiger charge is -2.11. The average Bonchev–Trinajstić information content (AvgIpc) is 2.62. The Balaban J connectivity index is 2.18. The third-order valence-corrected chi connectivity index (χ3v) is 6.16. The van der Waals surface area contributed by atoms with Crippen LogP contribution in [0.15, 0.2) is 77.7 Å². The summed E-state index contributed by atoms with van der Waals surface area (Å²) in [7, 11) is -3.63.